The van der Waals surface area contributed by atoms with E-state index < -0.39 is 34.8 Å². The minimum Gasteiger partial charge on any atom is -0.568 e. The summed E-state index contributed by atoms with van der Waals surface area (Å²) in [5.74, 6) is -0.284. The molecule has 2 atom stereocenters. The lowest BCUT2D eigenvalue weighted by atomic mass is 10.1. The number of carbonyl (C=O) groups excluding carboxylic acids is 1. The van der Waals surface area contributed by atoms with E-state index in [0.717, 1.165) is 12.1 Å². The summed E-state index contributed by atoms with van der Waals surface area (Å²) in [5, 5.41) is 0.263. The molecule has 0 N–H and O–H groups in total. The van der Waals surface area contributed by atoms with Crippen LogP contribution >= 0.6 is 22.5 Å². The summed E-state index contributed by atoms with van der Waals surface area (Å²) in [7, 11) is -1.87. The fourth-order valence-corrected chi connectivity index (χ4v) is 4.39. The maximum absolute atomic E-state index is 12.9. The van der Waals surface area contributed by atoms with Gasteiger partial charge in [0.15, 0.2) is 6.10 Å². The molecule has 0 fully saturated rings. The van der Waals surface area contributed by atoms with Crippen molar-refractivity contribution in [3.63, 3.8) is 0 Å². The molecule has 6 nitrogen and oxygen atoms in total. The highest BCUT2D eigenvalue weighted by Crippen LogP contribution is 2.43. The Labute approximate surface area is 189 Å². The van der Waals surface area contributed by atoms with Gasteiger partial charge in [0.2, 0.25) is 4.88 Å². The van der Waals surface area contributed by atoms with Gasteiger partial charge in [0, 0.05) is 12.7 Å². The molecule has 0 radical (unpaired) electrons. The molecule has 11 heteroatoms. The van der Waals surface area contributed by atoms with E-state index in [1.165, 1.54) is 19.1 Å². The summed E-state index contributed by atoms with van der Waals surface area (Å²) in [6, 6.07) is 7.43. The first-order chi connectivity index (χ1) is 15.1. The van der Waals surface area contributed by atoms with Crippen LogP contribution in [0.5, 0.6) is 5.75 Å². The molecule has 2 aromatic carbocycles. The lowest BCUT2D eigenvalue weighted by Gasteiger charge is -2.14. The maximum Gasteiger partial charge on any atom is 0.416 e. The van der Waals surface area contributed by atoms with E-state index >= 15 is 0 Å². The third-order valence-electron chi connectivity index (χ3n) is 4.43. The molecule has 1 heterocycles. The van der Waals surface area contributed by atoms with Gasteiger partial charge in [0.1, 0.15) is 17.9 Å². The van der Waals surface area contributed by atoms with Crippen molar-refractivity contribution in [1.29, 1.82) is 0 Å². The molecule has 1 aromatic heterocycles. The van der Waals surface area contributed by atoms with Crippen LogP contribution in [0.1, 0.15) is 19.4 Å². The van der Waals surface area contributed by atoms with Gasteiger partial charge in [-0.15, -0.1) is 0 Å². The fourth-order valence-electron chi connectivity index (χ4n) is 2.91. The smallest absolute Gasteiger partial charge is 0.416 e. The molecule has 0 aliphatic carbocycles. The number of aromatic nitrogens is 1. The van der Waals surface area contributed by atoms with E-state index in [9.17, 15) is 22.5 Å². The first-order valence-electron chi connectivity index (χ1n) is 9.55. The van der Waals surface area contributed by atoms with Crippen molar-refractivity contribution >= 4 is 39.4 Å². The summed E-state index contributed by atoms with van der Waals surface area (Å²) in [5.41, 5.74) is -0.400. The molecule has 2 unspecified atom stereocenters. The van der Waals surface area contributed by atoms with Crippen molar-refractivity contribution in [2.75, 3.05) is 19.8 Å². The number of rotatable bonds is 8. The van der Waals surface area contributed by atoms with E-state index in [1.54, 1.807) is 12.1 Å². The predicted molar refractivity (Wildman–Crippen MR) is 113 cm³/mol. The van der Waals surface area contributed by atoms with E-state index in [0.29, 0.717) is 23.3 Å². The number of benzene rings is 2. The van der Waals surface area contributed by atoms with Gasteiger partial charge in [-0.2, -0.15) is 13.2 Å². The lowest BCUT2D eigenvalue weighted by molar-refractivity contribution is -0.152. The molecule has 0 spiro atoms. The summed E-state index contributed by atoms with van der Waals surface area (Å²) in [6.45, 7) is 4.24. The second-order valence-corrected chi connectivity index (χ2v) is 8.16. The number of hydrogen-bond acceptors (Lipinski definition) is 6. The highest BCUT2D eigenvalue weighted by Gasteiger charge is 2.32. The third kappa shape index (κ3) is 5.50. The van der Waals surface area contributed by atoms with Crippen molar-refractivity contribution in [2.45, 2.75) is 26.1 Å². The van der Waals surface area contributed by atoms with E-state index in [4.69, 9.17) is 25.8 Å². The van der Waals surface area contributed by atoms with Crippen LogP contribution in [0, 0.1) is 0 Å². The molecular formula is C21H19ClF3NO5S. The Bertz CT molecular complexity index is 1120. The Morgan fingerprint density at radius 2 is 1.97 bits per heavy atom. The van der Waals surface area contributed by atoms with Gasteiger partial charge in [-0.25, -0.2) is 4.79 Å². The van der Waals surface area contributed by atoms with Crippen LogP contribution in [-0.4, -0.2) is 40.8 Å². The summed E-state index contributed by atoms with van der Waals surface area (Å²) in [4.78, 5) is 12.2. The van der Waals surface area contributed by atoms with E-state index in [-0.39, 0.29) is 28.7 Å². The van der Waals surface area contributed by atoms with Crippen LogP contribution in [0.4, 0.5) is 13.2 Å². The van der Waals surface area contributed by atoms with Gasteiger partial charge in [-0.3, -0.25) is 0 Å². The molecule has 3 rings (SSSR count). The van der Waals surface area contributed by atoms with Crippen LogP contribution in [0.2, 0.25) is 5.02 Å². The number of ether oxygens (including phenoxy) is 3. The number of halogens is 4. The van der Waals surface area contributed by atoms with Crippen LogP contribution in [0.15, 0.2) is 36.4 Å². The van der Waals surface area contributed by atoms with Crippen LogP contribution < -0.4 is 4.74 Å². The SMILES string of the molecule is CCOCCOC(=O)C(C)Oc1ccc2c(-c3ccc(C(F)(F)F)cc3Cl)[s+]([O-])nc2c1. The second kappa shape index (κ2) is 10.0. The Balaban J connectivity index is 1.82. The quantitative estimate of drug-likeness (QED) is 0.231. The molecule has 32 heavy (non-hydrogen) atoms. The highest BCUT2D eigenvalue weighted by atomic mass is 35.5. The number of carbonyl (C=O) groups is 1. The van der Waals surface area contributed by atoms with Crippen molar-refractivity contribution < 1.29 is 36.7 Å². The maximum atomic E-state index is 12.9. The zero-order valence-corrected chi connectivity index (χ0v) is 18.6. The van der Waals surface area contributed by atoms with Crippen molar-refractivity contribution in [2.24, 2.45) is 0 Å². The number of alkyl halides is 3. The number of fused-ring (bicyclic) bond motifs is 1. The average Bonchev–Trinajstić information content (AvgIpc) is 3.05. The fraction of sp³-hybridized carbons (Fsp3) is 0.333. The number of nitrogens with zero attached hydrogens (tertiary/aromatic N) is 1. The average molecular weight is 490 g/mol. The molecule has 0 bridgehead atoms. The van der Waals surface area contributed by atoms with Gasteiger partial charge in [0.05, 0.1) is 39.1 Å². The predicted octanol–water partition coefficient (Wildman–Crippen LogP) is 5.65. The van der Waals surface area contributed by atoms with Gasteiger partial charge in [-0.1, -0.05) is 11.6 Å². The first-order valence-corrected chi connectivity index (χ1v) is 11.0. The molecule has 0 saturated carbocycles. The standard InChI is InChI=1S/C21H19ClF3NO5S/c1-3-29-8-9-30-20(27)12(2)31-14-5-7-16-18(11-14)26-32(28)19(16)15-6-4-13(10-17(15)22)21(23,24)25/h4-7,10-12H,3,8-9H2,1-2H3. The van der Waals surface area contributed by atoms with Gasteiger partial charge in [0.25, 0.3) is 0 Å². The summed E-state index contributed by atoms with van der Waals surface area (Å²) >= 11 is 6.06. The molecule has 0 saturated heterocycles. The van der Waals surface area contributed by atoms with Crippen LogP contribution in [0.3, 0.4) is 0 Å². The van der Waals surface area contributed by atoms with Crippen molar-refractivity contribution in [3.05, 3.63) is 47.0 Å². The third-order valence-corrected chi connectivity index (χ3v) is 5.90. The Kier molecular flexibility index (Phi) is 7.60. The summed E-state index contributed by atoms with van der Waals surface area (Å²) in [6.07, 6.45) is -5.45. The lowest BCUT2D eigenvalue weighted by Crippen LogP contribution is -2.27. The highest BCUT2D eigenvalue weighted by molar-refractivity contribution is 7.24. The number of hydrogen-bond donors (Lipinski definition) is 0. The van der Waals surface area contributed by atoms with Gasteiger partial charge in [-0.05, 0) is 48.6 Å². The van der Waals surface area contributed by atoms with E-state index in [2.05, 4.69) is 4.37 Å². The van der Waals surface area contributed by atoms with Crippen molar-refractivity contribution in [1.82, 2.24) is 4.37 Å². The normalized spacial score (nSPS) is 13.3. The van der Waals surface area contributed by atoms with Gasteiger partial charge < -0.3 is 18.8 Å². The Morgan fingerprint density at radius 1 is 1.22 bits per heavy atom. The Hall–Kier alpha value is -2.40. The zero-order chi connectivity index (χ0) is 23.5. The molecule has 0 aliphatic heterocycles. The van der Waals surface area contributed by atoms with Crippen LogP contribution in [0.25, 0.3) is 21.3 Å². The second-order valence-electron chi connectivity index (χ2n) is 6.67. The van der Waals surface area contributed by atoms with E-state index in [1.807, 2.05) is 6.92 Å². The molecular weight excluding hydrogens is 471 g/mol. The topological polar surface area (TPSA) is 80.7 Å². The summed E-state index contributed by atoms with van der Waals surface area (Å²) < 4.78 is 71.1. The monoisotopic (exact) mass is 489 g/mol. The zero-order valence-electron chi connectivity index (χ0n) is 17.1. The Morgan fingerprint density at radius 3 is 2.62 bits per heavy atom. The van der Waals surface area contributed by atoms with Crippen LogP contribution in [-0.2, 0) is 20.4 Å². The minimum atomic E-state index is -4.54. The van der Waals surface area contributed by atoms with Gasteiger partial charge >= 0.3 is 12.1 Å². The number of esters is 1. The minimum absolute atomic E-state index is 0.102. The molecule has 0 amide bonds. The molecule has 3 aromatic rings. The molecule has 0 aliphatic rings. The molecule has 172 valence electrons. The first kappa shape index (κ1) is 24.2. The largest absolute Gasteiger partial charge is 0.568 e. The van der Waals surface area contributed by atoms with Crippen molar-refractivity contribution in [3.8, 4) is 16.2 Å².